The molecule has 2 unspecified atom stereocenters. The molecule has 2 rings (SSSR count). The first kappa shape index (κ1) is 8.57. The summed E-state index contributed by atoms with van der Waals surface area (Å²) in [5.41, 5.74) is 0. The molecule has 3 heteroatoms. The van der Waals surface area contributed by atoms with Gasteiger partial charge in [-0.2, -0.15) is 0 Å². The third kappa shape index (κ3) is 1.11. The van der Waals surface area contributed by atoms with E-state index in [9.17, 15) is 4.39 Å². The van der Waals surface area contributed by atoms with Crippen molar-refractivity contribution in [1.82, 2.24) is 4.90 Å². The molecule has 0 bridgehead atoms. The first-order valence-electron chi connectivity index (χ1n) is 4.42. The summed E-state index contributed by atoms with van der Waals surface area (Å²) in [6.07, 6.45) is 1.09. The highest BCUT2D eigenvalue weighted by Gasteiger charge is 2.49. The van der Waals surface area contributed by atoms with Crippen LogP contribution in [0.3, 0.4) is 0 Å². The van der Waals surface area contributed by atoms with Crippen LogP contribution in [-0.2, 0) is 0 Å². The summed E-state index contributed by atoms with van der Waals surface area (Å²) >= 11 is 1.78. The van der Waals surface area contributed by atoms with Crippen molar-refractivity contribution < 1.29 is 4.39 Å². The largest absolute Gasteiger partial charge is 0.281 e. The maximum absolute atomic E-state index is 13.1. The molecule has 0 N–H and O–H groups in total. The first-order valence-corrected chi connectivity index (χ1v) is 5.24. The molecule has 0 amide bonds. The lowest BCUT2D eigenvalue weighted by molar-refractivity contribution is 0.249. The number of rotatable bonds is 1. The average Bonchev–Trinajstić information content (AvgIpc) is 2.40. The molecule has 0 saturated carbocycles. The van der Waals surface area contributed by atoms with Crippen LogP contribution in [0.25, 0.3) is 0 Å². The van der Waals surface area contributed by atoms with Crippen molar-refractivity contribution in [1.29, 1.82) is 0 Å². The van der Waals surface area contributed by atoms with E-state index in [2.05, 4.69) is 18.4 Å². The van der Waals surface area contributed by atoms with Crippen molar-refractivity contribution in [3.05, 3.63) is 11.5 Å². The molecule has 0 aliphatic carbocycles. The normalized spacial score (nSPS) is 42.2. The molecule has 2 heterocycles. The molecule has 1 nitrogen and oxygen atoms in total. The lowest BCUT2D eigenvalue weighted by Gasteiger charge is -2.28. The number of nitrogens with zero attached hydrogens (tertiary/aromatic N) is 1. The molecule has 2 atom stereocenters. The van der Waals surface area contributed by atoms with E-state index in [0.29, 0.717) is 13.0 Å². The van der Waals surface area contributed by atoms with Crippen LogP contribution < -0.4 is 0 Å². The molecule has 2 fully saturated rings. The van der Waals surface area contributed by atoms with Crippen molar-refractivity contribution in [2.75, 3.05) is 13.1 Å². The SMILES string of the molecule is C=C1CN2CC(F)CC2(CC)S1. The Hall–Kier alpha value is -0.0200. The van der Waals surface area contributed by atoms with Crippen molar-refractivity contribution >= 4 is 11.8 Å². The molecular weight excluding hydrogens is 173 g/mol. The summed E-state index contributed by atoms with van der Waals surface area (Å²) in [6.45, 7) is 7.59. The second-order valence-electron chi connectivity index (χ2n) is 3.62. The Balaban J connectivity index is 2.21. The summed E-state index contributed by atoms with van der Waals surface area (Å²) in [7, 11) is 0. The maximum atomic E-state index is 13.1. The lowest BCUT2D eigenvalue weighted by Crippen LogP contribution is -2.34. The summed E-state index contributed by atoms with van der Waals surface area (Å²) in [4.78, 5) is 3.50. The molecule has 2 aliphatic rings. The van der Waals surface area contributed by atoms with E-state index in [1.165, 1.54) is 4.91 Å². The van der Waals surface area contributed by atoms with Crippen LogP contribution in [0.15, 0.2) is 11.5 Å². The Bertz CT molecular complexity index is 219. The Labute approximate surface area is 77.0 Å². The van der Waals surface area contributed by atoms with Crippen LogP contribution in [-0.4, -0.2) is 29.0 Å². The summed E-state index contributed by atoms with van der Waals surface area (Å²) < 4.78 is 13.1. The Morgan fingerprint density at radius 2 is 2.58 bits per heavy atom. The second-order valence-corrected chi connectivity index (χ2v) is 5.16. The fourth-order valence-electron chi connectivity index (χ4n) is 2.21. The van der Waals surface area contributed by atoms with Gasteiger partial charge in [-0.05, 0) is 11.3 Å². The molecular formula is C9H14FNS. The van der Waals surface area contributed by atoms with Gasteiger partial charge in [0.15, 0.2) is 0 Å². The van der Waals surface area contributed by atoms with Gasteiger partial charge in [0.2, 0.25) is 0 Å². The number of hydrogen-bond donors (Lipinski definition) is 0. The smallest absolute Gasteiger partial charge is 0.115 e. The van der Waals surface area contributed by atoms with Crippen LogP contribution in [0, 0.1) is 0 Å². The molecule has 68 valence electrons. The van der Waals surface area contributed by atoms with E-state index >= 15 is 0 Å². The average molecular weight is 187 g/mol. The third-order valence-electron chi connectivity index (χ3n) is 2.79. The minimum absolute atomic E-state index is 0.0660. The van der Waals surface area contributed by atoms with Crippen molar-refractivity contribution in [2.24, 2.45) is 0 Å². The van der Waals surface area contributed by atoms with Crippen LogP contribution in [0.5, 0.6) is 0 Å². The van der Waals surface area contributed by atoms with Gasteiger partial charge >= 0.3 is 0 Å². The Morgan fingerprint density at radius 1 is 1.83 bits per heavy atom. The number of fused-ring (bicyclic) bond motifs is 1. The van der Waals surface area contributed by atoms with Crippen LogP contribution in [0.4, 0.5) is 4.39 Å². The zero-order chi connectivity index (χ0) is 8.77. The standard InChI is InChI=1S/C9H14FNS/c1-3-9-4-8(10)6-11(9)5-7(2)12-9/h8H,2-6H2,1H3. The second kappa shape index (κ2) is 2.74. The predicted octanol–water partition coefficient (Wildman–Crippen LogP) is 2.40. The minimum Gasteiger partial charge on any atom is -0.281 e. The van der Waals surface area contributed by atoms with E-state index in [-0.39, 0.29) is 4.87 Å². The number of thioether (sulfide) groups is 1. The molecule has 0 aromatic carbocycles. The molecule has 2 aliphatic heterocycles. The highest BCUT2D eigenvalue weighted by Crippen LogP contribution is 2.51. The Morgan fingerprint density at radius 3 is 3.17 bits per heavy atom. The first-order chi connectivity index (χ1) is 5.66. The number of halogens is 1. The van der Waals surface area contributed by atoms with Gasteiger partial charge in [0.1, 0.15) is 6.17 Å². The lowest BCUT2D eigenvalue weighted by atomic mass is 10.1. The number of hydrogen-bond acceptors (Lipinski definition) is 2. The summed E-state index contributed by atoms with van der Waals surface area (Å²) in [5, 5.41) is 0. The monoisotopic (exact) mass is 187 g/mol. The quantitative estimate of drug-likeness (QED) is 0.620. The van der Waals surface area contributed by atoms with E-state index in [0.717, 1.165) is 13.0 Å². The van der Waals surface area contributed by atoms with E-state index < -0.39 is 6.17 Å². The fraction of sp³-hybridized carbons (Fsp3) is 0.778. The predicted molar refractivity (Wildman–Crippen MR) is 50.8 cm³/mol. The van der Waals surface area contributed by atoms with Crippen molar-refractivity contribution in [3.8, 4) is 0 Å². The van der Waals surface area contributed by atoms with Crippen molar-refractivity contribution in [2.45, 2.75) is 30.8 Å². The van der Waals surface area contributed by atoms with Gasteiger partial charge in [-0.1, -0.05) is 13.5 Å². The molecule has 2 saturated heterocycles. The highest BCUT2D eigenvalue weighted by atomic mass is 32.2. The topological polar surface area (TPSA) is 3.24 Å². The molecule has 0 radical (unpaired) electrons. The van der Waals surface area contributed by atoms with E-state index in [4.69, 9.17) is 0 Å². The van der Waals surface area contributed by atoms with Gasteiger partial charge < -0.3 is 0 Å². The summed E-state index contributed by atoms with van der Waals surface area (Å²) in [5.74, 6) is 0. The van der Waals surface area contributed by atoms with Gasteiger partial charge in [-0.25, -0.2) is 4.39 Å². The minimum atomic E-state index is -0.620. The third-order valence-corrected chi connectivity index (χ3v) is 4.30. The molecule has 0 spiro atoms. The van der Waals surface area contributed by atoms with Gasteiger partial charge in [0.05, 0.1) is 4.87 Å². The molecule has 0 aromatic heterocycles. The van der Waals surface area contributed by atoms with Gasteiger partial charge in [0, 0.05) is 19.5 Å². The fourth-order valence-corrected chi connectivity index (χ4v) is 3.65. The maximum Gasteiger partial charge on any atom is 0.115 e. The zero-order valence-corrected chi connectivity index (χ0v) is 8.16. The van der Waals surface area contributed by atoms with E-state index in [1.54, 1.807) is 11.8 Å². The van der Waals surface area contributed by atoms with E-state index in [1.807, 2.05) is 0 Å². The summed E-state index contributed by atoms with van der Waals surface area (Å²) in [6, 6.07) is 0. The van der Waals surface area contributed by atoms with Crippen LogP contribution in [0.2, 0.25) is 0 Å². The zero-order valence-electron chi connectivity index (χ0n) is 7.35. The number of alkyl halides is 1. The van der Waals surface area contributed by atoms with Gasteiger partial charge in [-0.3, -0.25) is 4.90 Å². The molecule has 0 aromatic rings. The van der Waals surface area contributed by atoms with Gasteiger partial charge in [-0.15, -0.1) is 11.8 Å². The molecule has 12 heavy (non-hydrogen) atoms. The highest BCUT2D eigenvalue weighted by molar-refractivity contribution is 8.04. The van der Waals surface area contributed by atoms with Crippen LogP contribution >= 0.6 is 11.8 Å². The van der Waals surface area contributed by atoms with Gasteiger partial charge in [0.25, 0.3) is 0 Å². The Kier molecular flexibility index (Phi) is 1.96. The van der Waals surface area contributed by atoms with Crippen LogP contribution in [0.1, 0.15) is 19.8 Å². The van der Waals surface area contributed by atoms with Crippen molar-refractivity contribution in [3.63, 3.8) is 0 Å².